The molecule has 0 aromatic heterocycles. The Morgan fingerprint density at radius 1 is 1.05 bits per heavy atom. The van der Waals surface area contributed by atoms with Crippen LogP contribution in [-0.4, -0.2) is 18.2 Å². The van der Waals surface area contributed by atoms with Crippen LogP contribution in [-0.2, 0) is 4.79 Å². The number of amides is 1. The van der Waals surface area contributed by atoms with Crippen LogP contribution < -0.4 is 10.6 Å². The Morgan fingerprint density at radius 2 is 1.80 bits per heavy atom. The molecule has 0 radical (unpaired) electrons. The highest BCUT2D eigenvalue weighted by Crippen LogP contribution is 2.18. The molecular formula is C16H18N2OS. The lowest BCUT2D eigenvalue weighted by Crippen LogP contribution is -2.07. The molecule has 1 amide bonds. The monoisotopic (exact) mass is 286 g/mol. The van der Waals surface area contributed by atoms with Gasteiger partial charge in [0.15, 0.2) is 0 Å². The zero-order valence-electron chi connectivity index (χ0n) is 11.4. The Balaban J connectivity index is 1.78. The van der Waals surface area contributed by atoms with E-state index in [1.165, 1.54) is 11.8 Å². The molecule has 2 N–H and O–H groups in total. The fourth-order valence-electron chi connectivity index (χ4n) is 1.79. The Bertz CT molecular complexity index is 557. The third-order valence-corrected chi connectivity index (χ3v) is 3.64. The SMILES string of the molecule is CC(=O)Nc1cccc(NCCSc2ccccc2)c1. The quantitative estimate of drug-likeness (QED) is 0.626. The molecule has 0 aliphatic carbocycles. The first-order chi connectivity index (χ1) is 9.74. The second kappa shape index (κ2) is 7.60. The predicted molar refractivity (Wildman–Crippen MR) is 86.4 cm³/mol. The Hall–Kier alpha value is -1.94. The molecule has 2 aromatic carbocycles. The zero-order chi connectivity index (χ0) is 14.2. The largest absolute Gasteiger partial charge is 0.384 e. The molecule has 2 rings (SSSR count). The van der Waals surface area contributed by atoms with E-state index in [0.717, 1.165) is 23.7 Å². The third-order valence-electron chi connectivity index (χ3n) is 2.63. The van der Waals surface area contributed by atoms with E-state index in [1.807, 2.05) is 54.2 Å². The highest BCUT2D eigenvalue weighted by atomic mass is 32.2. The van der Waals surface area contributed by atoms with Gasteiger partial charge in [0.2, 0.25) is 5.91 Å². The summed E-state index contributed by atoms with van der Waals surface area (Å²) in [6, 6.07) is 18.1. The van der Waals surface area contributed by atoms with Crippen LogP contribution >= 0.6 is 11.8 Å². The molecule has 104 valence electrons. The number of nitrogens with one attached hydrogen (secondary N) is 2. The average molecular weight is 286 g/mol. The minimum absolute atomic E-state index is 0.0539. The Morgan fingerprint density at radius 3 is 2.55 bits per heavy atom. The maximum Gasteiger partial charge on any atom is 0.221 e. The minimum Gasteiger partial charge on any atom is -0.384 e. The number of hydrogen-bond acceptors (Lipinski definition) is 3. The van der Waals surface area contributed by atoms with Crippen molar-refractivity contribution in [2.24, 2.45) is 0 Å². The first kappa shape index (κ1) is 14.5. The smallest absolute Gasteiger partial charge is 0.221 e. The molecule has 0 fully saturated rings. The van der Waals surface area contributed by atoms with Gasteiger partial charge >= 0.3 is 0 Å². The summed E-state index contributed by atoms with van der Waals surface area (Å²) >= 11 is 1.82. The van der Waals surface area contributed by atoms with Crippen LogP contribution in [0.5, 0.6) is 0 Å². The number of thioether (sulfide) groups is 1. The van der Waals surface area contributed by atoms with Crippen molar-refractivity contribution < 1.29 is 4.79 Å². The summed E-state index contributed by atoms with van der Waals surface area (Å²) in [5.74, 6) is 0.941. The van der Waals surface area contributed by atoms with Gasteiger partial charge in [0.05, 0.1) is 0 Å². The van der Waals surface area contributed by atoms with Crippen molar-refractivity contribution in [2.45, 2.75) is 11.8 Å². The van der Waals surface area contributed by atoms with Crippen LogP contribution in [0, 0.1) is 0 Å². The van der Waals surface area contributed by atoms with Gasteiger partial charge in [-0.15, -0.1) is 11.8 Å². The summed E-state index contributed by atoms with van der Waals surface area (Å²) in [7, 11) is 0. The van der Waals surface area contributed by atoms with Gasteiger partial charge in [0.25, 0.3) is 0 Å². The van der Waals surface area contributed by atoms with Crippen molar-refractivity contribution in [1.29, 1.82) is 0 Å². The molecule has 0 spiro atoms. The summed E-state index contributed by atoms with van der Waals surface area (Å²) in [6.45, 7) is 2.39. The summed E-state index contributed by atoms with van der Waals surface area (Å²) in [5, 5.41) is 6.13. The molecule has 0 heterocycles. The first-order valence-corrected chi connectivity index (χ1v) is 7.52. The van der Waals surface area contributed by atoms with E-state index in [-0.39, 0.29) is 5.91 Å². The Kier molecular flexibility index (Phi) is 5.50. The molecule has 4 heteroatoms. The van der Waals surface area contributed by atoms with E-state index in [1.54, 1.807) is 0 Å². The number of carbonyl (C=O) groups is 1. The van der Waals surface area contributed by atoms with Gasteiger partial charge in [-0.3, -0.25) is 4.79 Å². The molecule has 0 unspecified atom stereocenters. The highest BCUT2D eigenvalue weighted by Gasteiger charge is 1.98. The summed E-state index contributed by atoms with van der Waals surface area (Å²) in [5.41, 5.74) is 1.84. The average Bonchev–Trinajstić information content (AvgIpc) is 2.44. The van der Waals surface area contributed by atoms with E-state index in [9.17, 15) is 4.79 Å². The number of benzene rings is 2. The molecule has 20 heavy (non-hydrogen) atoms. The van der Waals surface area contributed by atoms with Gasteiger partial charge < -0.3 is 10.6 Å². The lowest BCUT2D eigenvalue weighted by molar-refractivity contribution is -0.114. The first-order valence-electron chi connectivity index (χ1n) is 6.53. The van der Waals surface area contributed by atoms with Crippen LogP contribution in [0.3, 0.4) is 0 Å². The van der Waals surface area contributed by atoms with Crippen molar-refractivity contribution in [3.8, 4) is 0 Å². The van der Waals surface area contributed by atoms with Gasteiger partial charge in [0.1, 0.15) is 0 Å². The van der Waals surface area contributed by atoms with Gasteiger partial charge in [0, 0.05) is 35.5 Å². The second-order valence-electron chi connectivity index (χ2n) is 4.35. The van der Waals surface area contributed by atoms with Gasteiger partial charge in [-0.25, -0.2) is 0 Å². The summed E-state index contributed by atoms with van der Waals surface area (Å²) in [6.07, 6.45) is 0. The van der Waals surface area contributed by atoms with Gasteiger partial charge in [-0.1, -0.05) is 24.3 Å². The molecule has 3 nitrogen and oxygen atoms in total. The van der Waals surface area contributed by atoms with Crippen molar-refractivity contribution in [3.05, 3.63) is 54.6 Å². The van der Waals surface area contributed by atoms with Crippen molar-refractivity contribution in [2.75, 3.05) is 22.9 Å². The fraction of sp³-hybridized carbons (Fsp3) is 0.188. The van der Waals surface area contributed by atoms with Crippen LogP contribution in [0.25, 0.3) is 0 Å². The lowest BCUT2D eigenvalue weighted by Gasteiger charge is -2.08. The second-order valence-corrected chi connectivity index (χ2v) is 5.52. The Labute approximate surface area is 123 Å². The zero-order valence-corrected chi connectivity index (χ0v) is 12.2. The third kappa shape index (κ3) is 4.97. The van der Waals surface area contributed by atoms with E-state index in [2.05, 4.69) is 22.8 Å². The van der Waals surface area contributed by atoms with Gasteiger partial charge in [-0.2, -0.15) is 0 Å². The molecule has 2 aromatic rings. The van der Waals surface area contributed by atoms with Gasteiger partial charge in [-0.05, 0) is 30.3 Å². The molecule has 0 atom stereocenters. The summed E-state index contributed by atoms with van der Waals surface area (Å²) in [4.78, 5) is 12.3. The minimum atomic E-state index is -0.0539. The van der Waals surface area contributed by atoms with Crippen LogP contribution in [0.2, 0.25) is 0 Å². The molecule has 0 aliphatic heterocycles. The normalized spacial score (nSPS) is 10.1. The van der Waals surface area contributed by atoms with Crippen LogP contribution in [0.4, 0.5) is 11.4 Å². The molecular weight excluding hydrogens is 268 g/mol. The lowest BCUT2D eigenvalue weighted by atomic mass is 10.2. The van der Waals surface area contributed by atoms with Crippen LogP contribution in [0.15, 0.2) is 59.5 Å². The highest BCUT2D eigenvalue weighted by molar-refractivity contribution is 7.99. The number of carbonyl (C=O) groups excluding carboxylic acids is 1. The van der Waals surface area contributed by atoms with E-state index in [0.29, 0.717) is 0 Å². The number of hydrogen-bond donors (Lipinski definition) is 2. The van der Waals surface area contributed by atoms with Crippen molar-refractivity contribution in [3.63, 3.8) is 0 Å². The maximum atomic E-state index is 11.0. The van der Waals surface area contributed by atoms with Crippen LogP contribution in [0.1, 0.15) is 6.92 Å². The number of rotatable bonds is 6. The fourth-order valence-corrected chi connectivity index (χ4v) is 2.58. The maximum absolute atomic E-state index is 11.0. The molecule has 0 saturated heterocycles. The van der Waals surface area contributed by atoms with Crippen molar-refractivity contribution in [1.82, 2.24) is 0 Å². The van der Waals surface area contributed by atoms with E-state index in [4.69, 9.17) is 0 Å². The number of anilines is 2. The molecule has 0 saturated carbocycles. The topological polar surface area (TPSA) is 41.1 Å². The summed E-state index contributed by atoms with van der Waals surface area (Å²) < 4.78 is 0. The van der Waals surface area contributed by atoms with E-state index < -0.39 is 0 Å². The standard InChI is InChI=1S/C16H18N2OS/c1-13(19)18-15-7-5-6-14(12-15)17-10-11-20-16-8-3-2-4-9-16/h2-9,12,17H,10-11H2,1H3,(H,18,19). The molecule has 0 bridgehead atoms. The van der Waals surface area contributed by atoms with Crippen molar-refractivity contribution >= 4 is 29.0 Å². The van der Waals surface area contributed by atoms with E-state index >= 15 is 0 Å². The molecule has 0 aliphatic rings. The predicted octanol–water partition coefficient (Wildman–Crippen LogP) is 3.85.